The molecule has 0 saturated heterocycles. The molecule has 0 spiro atoms. The van der Waals surface area contributed by atoms with Crippen LogP contribution in [0.25, 0.3) is 0 Å². The Morgan fingerprint density at radius 1 is 0.351 bits per heavy atom. The number of benzene rings is 2. The van der Waals surface area contributed by atoms with Gasteiger partial charge >= 0.3 is 369 Å². The Bertz CT molecular complexity index is 1130. The van der Waals surface area contributed by atoms with E-state index >= 15 is 0 Å². The van der Waals surface area contributed by atoms with E-state index in [-0.39, 0.29) is 0 Å². The SMILES string of the molecule is CCCCCCC[CH2][Sn]([CH2]CCCCCCC)([O]c1cccc(CCC)c1C)[O][Sn]([CH2]CCCCCCC)([CH2]CCCCCCC)[O]c1cccc(CCC)c1C. The first kappa shape index (κ1) is 52.7. The third kappa shape index (κ3) is 21.8. The molecule has 57 heavy (non-hydrogen) atoms. The predicted molar refractivity (Wildman–Crippen MR) is 257 cm³/mol. The van der Waals surface area contributed by atoms with Crippen molar-refractivity contribution in [2.75, 3.05) is 0 Å². The molecule has 0 aliphatic carbocycles. The predicted octanol–water partition coefficient (Wildman–Crippen LogP) is 18.0. The van der Waals surface area contributed by atoms with Gasteiger partial charge in [-0.05, 0) is 0 Å². The molecule has 0 radical (unpaired) electrons. The first-order valence-electron chi connectivity index (χ1n) is 25.1. The first-order chi connectivity index (χ1) is 27.8. The zero-order valence-corrected chi connectivity index (χ0v) is 45.0. The molecule has 0 aromatic heterocycles. The quantitative estimate of drug-likeness (QED) is 0.0496. The molecule has 2 aromatic carbocycles. The van der Waals surface area contributed by atoms with Gasteiger partial charge in [-0.15, -0.1) is 0 Å². The second-order valence-corrected chi connectivity index (χ2v) is 39.5. The van der Waals surface area contributed by atoms with Crippen molar-refractivity contribution < 1.29 is 7.56 Å². The van der Waals surface area contributed by atoms with Gasteiger partial charge in [0.05, 0.1) is 0 Å². The van der Waals surface area contributed by atoms with Gasteiger partial charge in [0, 0.05) is 0 Å². The van der Waals surface area contributed by atoms with Gasteiger partial charge in [-0.3, -0.25) is 0 Å². The molecule has 328 valence electrons. The summed E-state index contributed by atoms with van der Waals surface area (Å²) in [5.41, 5.74) is 5.60. The molecule has 0 fully saturated rings. The normalized spacial score (nSPS) is 12.1. The molecule has 0 N–H and O–H groups in total. The van der Waals surface area contributed by atoms with Crippen LogP contribution in [0.2, 0.25) is 17.7 Å². The van der Waals surface area contributed by atoms with Gasteiger partial charge in [0.1, 0.15) is 0 Å². The molecule has 0 bridgehead atoms. The summed E-state index contributed by atoms with van der Waals surface area (Å²) in [5, 5.41) is 0. The summed E-state index contributed by atoms with van der Waals surface area (Å²) >= 11 is -7.72. The number of hydrogen-bond donors (Lipinski definition) is 0. The van der Waals surface area contributed by atoms with Crippen molar-refractivity contribution in [1.82, 2.24) is 0 Å². The molecule has 0 aliphatic heterocycles. The summed E-state index contributed by atoms with van der Waals surface area (Å²) < 4.78 is 28.8. The van der Waals surface area contributed by atoms with Crippen molar-refractivity contribution in [2.45, 2.75) is 253 Å². The summed E-state index contributed by atoms with van der Waals surface area (Å²) in [5.74, 6) is 2.27. The van der Waals surface area contributed by atoms with E-state index in [1.807, 2.05) is 0 Å². The summed E-state index contributed by atoms with van der Waals surface area (Å²) in [7, 11) is 0. The minimum absolute atomic E-state index is 1.11. The number of rotatable bonds is 38. The number of aryl methyl sites for hydroxylation is 2. The molecule has 0 atom stereocenters. The van der Waals surface area contributed by atoms with E-state index in [1.165, 1.54) is 176 Å². The summed E-state index contributed by atoms with van der Waals surface area (Å²) in [6.07, 6.45) is 36.0. The topological polar surface area (TPSA) is 27.7 Å². The van der Waals surface area contributed by atoms with E-state index in [2.05, 4.69) is 91.8 Å². The molecule has 0 unspecified atom stereocenters. The van der Waals surface area contributed by atoms with E-state index in [1.54, 1.807) is 0 Å². The standard InChI is InChI=1S/2C10H14O.4C8H17.O.2Sn/c2*1-3-5-9-6-4-7-10(11)8(9)2;4*1-3-5-7-8-6-4-2;;;/h2*4,6-7,11H,3,5H2,1-2H3;4*1,3-8H2,2H3;;;/q;;;;;;;2*+1/p-2. The average molecular weight is 1000 g/mol. The molecule has 2 aromatic rings. The molecule has 5 heteroatoms. The van der Waals surface area contributed by atoms with Crippen LogP contribution in [0.3, 0.4) is 0 Å². The summed E-state index contributed by atoms with van der Waals surface area (Å²) in [6, 6.07) is 13.8. The van der Waals surface area contributed by atoms with Gasteiger partial charge < -0.3 is 0 Å². The average Bonchev–Trinajstić information content (AvgIpc) is 3.20. The Kier molecular flexibility index (Phi) is 30.8. The fourth-order valence-electron chi connectivity index (χ4n) is 8.76. The number of hydrogen-bond acceptors (Lipinski definition) is 3. The zero-order valence-electron chi connectivity index (χ0n) is 39.3. The van der Waals surface area contributed by atoms with Crippen LogP contribution in [0.5, 0.6) is 11.5 Å². The van der Waals surface area contributed by atoms with Gasteiger partial charge in [-0.1, -0.05) is 0 Å². The van der Waals surface area contributed by atoms with E-state index in [4.69, 9.17) is 7.56 Å². The monoisotopic (exact) mass is 1010 g/mol. The maximum absolute atomic E-state index is 8.43. The Labute approximate surface area is 366 Å². The Hall–Kier alpha value is -0.403. The minimum atomic E-state index is -3.86. The molecule has 0 heterocycles. The molecular formula is C52H94O3Sn2. The molecule has 0 amide bonds. The van der Waals surface area contributed by atoms with Crippen molar-refractivity contribution in [1.29, 1.82) is 0 Å². The van der Waals surface area contributed by atoms with Crippen LogP contribution in [0.1, 0.15) is 231 Å². The van der Waals surface area contributed by atoms with Gasteiger partial charge in [-0.2, -0.15) is 0 Å². The van der Waals surface area contributed by atoms with Crippen LogP contribution in [-0.4, -0.2) is 38.4 Å². The second kappa shape index (κ2) is 33.3. The molecular weight excluding hydrogens is 910 g/mol. The van der Waals surface area contributed by atoms with Crippen molar-refractivity contribution >= 4 is 38.4 Å². The van der Waals surface area contributed by atoms with Gasteiger partial charge in [-0.25, -0.2) is 0 Å². The Morgan fingerprint density at radius 2 is 0.632 bits per heavy atom. The van der Waals surface area contributed by atoms with Crippen LogP contribution in [-0.2, 0) is 14.3 Å². The third-order valence-electron chi connectivity index (χ3n) is 12.4. The van der Waals surface area contributed by atoms with Crippen molar-refractivity contribution in [3.05, 3.63) is 58.7 Å². The van der Waals surface area contributed by atoms with E-state index < -0.39 is 38.4 Å². The van der Waals surface area contributed by atoms with Gasteiger partial charge in [0.25, 0.3) is 0 Å². The van der Waals surface area contributed by atoms with Crippen LogP contribution in [0, 0.1) is 13.8 Å². The fraction of sp³-hybridized carbons (Fsp3) is 0.769. The zero-order chi connectivity index (χ0) is 41.5. The molecule has 2 rings (SSSR count). The second-order valence-electron chi connectivity index (χ2n) is 17.8. The molecule has 0 saturated carbocycles. The van der Waals surface area contributed by atoms with Crippen LogP contribution < -0.4 is 6.15 Å². The van der Waals surface area contributed by atoms with E-state index in [9.17, 15) is 0 Å². The van der Waals surface area contributed by atoms with Crippen LogP contribution >= 0.6 is 0 Å². The Balaban J connectivity index is 2.74. The maximum atomic E-state index is 8.43. The fourth-order valence-corrected chi connectivity index (χ4v) is 49.6. The third-order valence-corrected chi connectivity index (χ3v) is 44.9. The number of unbranched alkanes of at least 4 members (excludes halogenated alkanes) is 20. The Morgan fingerprint density at radius 3 is 0.912 bits per heavy atom. The first-order valence-corrected chi connectivity index (χ1v) is 37.8. The van der Waals surface area contributed by atoms with Crippen LogP contribution in [0.4, 0.5) is 0 Å². The van der Waals surface area contributed by atoms with Crippen molar-refractivity contribution in [3.63, 3.8) is 0 Å². The molecule has 0 aliphatic rings. The van der Waals surface area contributed by atoms with Crippen LogP contribution in [0.15, 0.2) is 36.4 Å². The summed E-state index contributed by atoms with van der Waals surface area (Å²) in [4.78, 5) is 0. The van der Waals surface area contributed by atoms with Gasteiger partial charge in [0.15, 0.2) is 0 Å². The van der Waals surface area contributed by atoms with Crippen molar-refractivity contribution in [3.8, 4) is 11.5 Å². The van der Waals surface area contributed by atoms with E-state index in [0.29, 0.717) is 0 Å². The van der Waals surface area contributed by atoms with Gasteiger partial charge in [0.2, 0.25) is 0 Å². The summed E-state index contributed by atoms with van der Waals surface area (Å²) in [6.45, 7) is 18.6. The van der Waals surface area contributed by atoms with E-state index in [0.717, 1.165) is 54.9 Å². The molecule has 3 nitrogen and oxygen atoms in total. The van der Waals surface area contributed by atoms with Crippen molar-refractivity contribution in [2.24, 2.45) is 0 Å².